The molecule has 1 N–H and O–H groups in total. The van der Waals surface area contributed by atoms with E-state index in [0.29, 0.717) is 0 Å². The Hall–Kier alpha value is -2.26. The molecule has 0 saturated carbocycles. The maximum absolute atomic E-state index is 13.6. The van der Waals surface area contributed by atoms with Gasteiger partial charge in [0.2, 0.25) is 0 Å². The van der Waals surface area contributed by atoms with Crippen LogP contribution in [0.5, 0.6) is 0 Å². The molecule has 2 rings (SSSR count). The number of hydrogen-bond acceptors (Lipinski definition) is 3. The molecule has 0 saturated heterocycles. The summed E-state index contributed by atoms with van der Waals surface area (Å²) in [7, 11) is 0. The van der Waals surface area contributed by atoms with Gasteiger partial charge in [0.25, 0.3) is 6.43 Å². The fourth-order valence-electron chi connectivity index (χ4n) is 1.87. The smallest absolute Gasteiger partial charge is 0.339 e. The molecule has 0 spiro atoms. The zero-order valence-corrected chi connectivity index (χ0v) is 11.5. The highest BCUT2D eigenvalue weighted by atomic mass is 19.4. The number of nitrogens with zero attached hydrogens (tertiary/aromatic N) is 3. The fourth-order valence-corrected chi connectivity index (χ4v) is 1.87. The molecule has 0 aromatic carbocycles. The van der Waals surface area contributed by atoms with E-state index in [1.165, 1.54) is 16.9 Å². The van der Waals surface area contributed by atoms with Crippen LogP contribution >= 0.6 is 0 Å². The molecule has 0 aliphatic heterocycles. The Labute approximate surface area is 127 Å². The van der Waals surface area contributed by atoms with E-state index in [0.717, 1.165) is 5.56 Å². The SMILES string of the molecule is FC(F)C(C(F)Nc1ccn(Cc2ccncc2)n1)C(F)(F)F. The number of alkyl halides is 6. The van der Waals surface area contributed by atoms with Gasteiger partial charge < -0.3 is 5.32 Å². The van der Waals surface area contributed by atoms with Crippen molar-refractivity contribution in [2.75, 3.05) is 5.32 Å². The molecule has 0 aliphatic carbocycles. The van der Waals surface area contributed by atoms with Crippen molar-refractivity contribution in [1.82, 2.24) is 14.8 Å². The van der Waals surface area contributed by atoms with E-state index in [4.69, 9.17) is 0 Å². The molecule has 23 heavy (non-hydrogen) atoms. The average Bonchev–Trinajstić information content (AvgIpc) is 2.84. The summed E-state index contributed by atoms with van der Waals surface area (Å²) in [6.45, 7) is 0.276. The number of anilines is 1. The largest absolute Gasteiger partial charge is 0.401 e. The van der Waals surface area contributed by atoms with Gasteiger partial charge in [-0.15, -0.1) is 0 Å². The molecular formula is C13H12F6N4. The second kappa shape index (κ2) is 6.88. The molecule has 0 aliphatic rings. The molecule has 0 fully saturated rings. The van der Waals surface area contributed by atoms with Gasteiger partial charge in [-0.25, -0.2) is 13.2 Å². The first-order chi connectivity index (χ1) is 10.8. The van der Waals surface area contributed by atoms with Crippen molar-refractivity contribution in [2.24, 2.45) is 5.92 Å². The second-order valence-corrected chi connectivity index (χ2v) is 4.70. The van der Waals surface area contributed by atoms with Crippen LogP contribution in [0.2, 0.25) is 0 Å². The highest BCUT2D eigenvalue weighted by Gasteiger charge is 2.51. The molecule has 2 aromatic rings. The van der Waals surface area contributed by atoms with Gasteiger partial charge in [-0.05, 0) is 17.7 Å². The molecule has 10 heteroatoms. The lowest BCUT2D eigenvalue weighted by Gasteiger charge is -2.23. The van der Waals surface area contributed by atoms with Crippen molar-refractivity contribution >= 4 is 5.82 Å². The zero-order valence-electron chi connectivity index (χ0n) is 11.5. The fraction of sp³-hybridized carbons (Fsp3) is 0.385. The van der Waals surface area contributed by atoms with Crippen LogP contribution in [0.15, 0.2) is 36.8 Å². The van der Waals surface area contributed by atoms with E-state index in [9.17, 15) is 26.3 Å². The van der Waals surface area contributed by atoms with Crippen LogP contribution < -0.4 is 5.32 Å². The predicted octanol–water partition coefficient (Wildman–Crippen LogP) is 3.48. The standard InChI is InChI=1S/C13H12F6N4/c14-11(15)10(13(17,18)19)12(16)21-9-3-6-23(22-9)7-8-1-4-20-5-2-8/h1-6,10-12H,7H2,(H,21,22). The van der Waals surface area contributed by atoms with Crippen molar-refractivity contribution in [3.8, 4) is 0 Å². The summed E-state index contributed by atoms with van der Waals surface area (Å²) in [6.07, 6.45) is -7.76. The van der Waals surface area contributed by atoms with Crippen molar-refractivity contribution in [3.63, 3.8) is 0 Å². The summed E-state index contributed by atoms with van der Waals surface area (Å²) < 4.78 is 77.0. The minimum atomic E-state index is -5.36. The molecule has 2 aromatic heterocycles. The molecule has 2 unspecified atom stereocenters. The summed E-state index contributed by atoms with van der Waals surface area (Å²) in [5.74, 6) is -3.69. The van der Waals surface area contributed by atoms with Crippen molar-refractivity contribution in [3.05, 3.63) is 42.4 Å². The Kier molecular flexibility index (Phi) is 5.12. The molecule has 0 amide bonds. The van der Waals surface area contributed by atoms with Crippen LogP contribution in [0.3, 0.4) is 0 Å². The molecule has 4 nitrogen and oxygen atoms in total. The Morgan fingerprint density at radius 3 is 2.30 bits per heavy atom. The number of halogens is 6. The van der Waals surface area contributed by atoms with Gasteiger partial charge in [0.05, 0.1) is 6.54 Å². The number of nitrogens with one attached hydrogen (secondary N) is 1. The van der Waals surface area contributed by atoms with Crippen molar-refractivity contribution < 1.29 is 26.3 Å². The van der Waals surface area contributed by atoms with Crippen LogP contribution in [0.25, 0.3) is 0 Å². The third-order valence-corrected chi connectivity index (χ3v) is 2.99. The van der Waals surface area contributed by atoms with Gasteiger partial charge in [-0.2, -0.15) is 18.3 Å². The van der Waals surface area contributed by atoms with E-state index in [2.05, 4.69) is 10.1 Å². The van der Waals surface area contributed by atoms with Crippen LogP contribution in [0.4, 0.5) is 32.2 Å². The van der Waals surface area contributed by atoms with Gasteiger partial charge in [0.1, 0.15) is 5.82 Å². The minimum absolute atomic E-state index is 0.263. The maximum Gasteiger partial charge on any atom is 0.401 e. The van der Waals surface area contributed by atoms with Crippen molar-refractivity contribution in [2.45, 2.75) is 25.4 Å². The normalized spacial score (nSPS) is 14.7. The van der Waals surface area contributed by atoms with Crippen LogP contribution in [0.1, 0.15) is 5.56 Å². The van der Waals surface area contributed by atoms with Crippen LogP contribution in [-0.4, -0.2) is 33.7 Å². The molecule has 126 valence electrons. The Bertz CT molecular complexity index is 612. The Morgan fingerprint density at radius 1 is 1.09 bits per heavy atom. The van der Waals surface area contributed by atoms with E-state index < -0.39 is 24.8 Å². The van der Waals surface area contributed by atoms with Gasteiger partial charge in [-0.1, -0.05) is 0 Å². The third-order valence-electron chi connectivity index (χ3n) is 2.99. The van der Waals surface area contributed by atoms with Crippen molar-refractivity contribution in [1.29, 1.82) is 0 Å². The zero-order chi connectivity index (χ0) is 17.0. The van der Waals surface area contributed by atoms with Crippen LogP contribution in [0, 0.1) is 5.92 Å². The first kappa shape index (κ1) is 17.1. The minimum Gasteiger partial charge on any atom is -0.339 e. The third kappa shape index (κ3) is 4.60. The summed E-state index contributed by atoms with van der Waals surface area (Å²) in [6, 6.07) is 4.60. The monoisotopic (exact) mass is 338 g/mol. The van der Waals surface area contributed by atoms with Gasteiger partial charge in [0.15, 0.2) is 12.2 Å². The molecule has 2 heterocycles. The Balaban J connectivity index is 2.03. The topological polar surface area (TPSA) is 42.7 Å². The number of aromatic nitrogens is 3. The highest BCUT2D eigenvalue weighted by Crippen LogP contribution is 2.35. The summed E-state index contributed by atoms with van der Waals surface area (Å²) >= 11 is 0. The van der Waals surface area contributed by atoms with Gasteiger partial charge in [-0.3, -0.25) is 9.67 Å². The lowest BCUT2D eigenvalue weighted by atomic mass is 10.1. The molecule has 0 radical (unpaired) electrons. The maximum atomic E-state index is 13.6. The molecule has 0 bridgehead atoms. The Morgan fingerprint density at radius 2 is 1.74 bits per heavy atom. The highest BCUT2D eigenvalue weighted by molar-refractivity contribution is 5.33. The number of hydrogen-bond donors (Lipinski definition) is 1. The molecular weight excluding hydrogens is 326 g/mol. The summed E-state index contributed by atoms with van der Waals surface area (Å²) in [5, 5.41) is 5.53. The first-order valence-electron chi connectivity index (χ1n) is 6.45. The summed E-state index contributed by atoms with van der Waals surface area (Å²) in [5.41, 5.74) is 0.812. The lowest BCUT2D eigenvalue weighted by Crippen LogP contribution is -2.41. The van der Waals surface area contributed by atoms with Gasteiger partial charge in [0, 0.05) is 24.7 Å². The van der Waals surface area contributed by atoms with E-state index in [1.807, 2.05) is 0 Å². The summed E-state index contributed by atoms with van der Waals surface area (Å²) in [4.78, 5) is 3.82. The van der Waals surface area contributed by atoms with E-state index in [-0.39, 0.29) is 12.4 Å². The second-order valence-electron chi connectivity index (χ2n) is 4.70. The van der Waals surface area contributed by atoms with Gasteiger partial charge >= 0.3 is 6.18 Å². The number of rotatable bonds is 6. The number of pyridine rings is 1. The molecule has 2 atom stereocenters. The quantitative estimate of drug-likeness (QED) is 0.648. The van der Waals surface area contributed by atoms with E-state index >= 15 is 0 Å². The van der Waals surface area contributed by atoms with Crippen LogP contribution in [-0.2, 0) is 6.54 Å². The lowest BCUT2D eigenvalue weighted by molar-refractivity contribution is -0.220. The van der Waals surface area contributed by atoms with E-state index in [1.54, 1.807) is 29.8 Å². The predicted molar refractivity (Wildman–Crippen MR) is 69.6 cm³/mol. The first-order valence-corrected chi connectivity index (χ1v) is 6.45. The average molecular weight is 338 g/mol.